The van der Waals surface area contributed by atoms with Crippen LogP contribution in [0.4, 0.5) is 13.2 Å². The summed E-state index contributed by atoms with van der Waals surface area (Å²) in [5, 5.41) is 8.90. The highest BCUT2D eigenvalue weighted by Crippen LogP contribution is 2.27. The van der Waals surface area contributed by atoms with Crippen molar-refractivity contribution in [2.24, 2.45) is 5.73 Å². The fourth-order valence-electron chi connectivity index (χ4n) is 1.19. The second-order valence-electron chi connectivity index (χ2n) is 3.09. The molecular formula is C9H11F3N2O2. The number of aliphatic hydroxyl groups is 1. The van der Waals surface area contributed by atoms with Crippen LogP contribution in [-0.4, -0.2) is 16.5 Å². The Morgan fingerprint density at radius 1 is 1.50 bits per heavy atom. The monoisotopic (exact) mass is 236 g/mol. The minimum Gasteiger partial charge on any atom is -0.404 e. The van der Waals surface area contributed by atoms with Crippen LogP contribution in [0.5, 0.6) is 5.75 Å². The highest BCUT2D eigenvalue weighted by atomic mass is 19.4. The van der Waals surface area contributed by atoms with Crippen molar-refractivity contribution < 1.29 is 23.0 Å². The molecule has 0 radical (unpaired) electrons. The molecular weight excluding hydrogens is 225 g/mol. The number of aromatic nitrogens is 1. The first-order valence-corrected chi connectivity index (χ1v) is 4.43. The summed E-state index contributed by atoms with van der Waals surface area (Å²) in [7, 11) is 0. The molecule has 3 N–H and O–H groups in total. The minimum absolute atomic E-state index is 0.00650. The topological polar surface area (TPSA) is 68.4 Å². The lowest BCUT2D eigenvalue weighted by atomic mass is 10.2. The number of nitrogens with two attached hydrogens (primary N) is 1. The summed E-state index contributed by atoms with van der Waals surface area (Å²) < 4.78 is 39.9. The molecule has 0 aromatic carbocycles. The molecule has 0 saturated carbocycles. The fourth-order valence-corrected chi connectivity index (χ4v) is 1.19. The molecule has 0 atom stereocenters. The molecule has 0 aliphatic rings. The number of aryl methyl sites for hydroxylation is 1. The molecule has 0 unspecified atom stereocenters. The molecule has 1 rings (SSSR count). The molecule has 0 saturated heterocycles. The zero-order valence-electron chi connectivity index (χ0n) is 8.51. The van der Waals surface area contributed by atoms with Crippen LogP contribution in [0.1, 0.15) is 17.0 Å². The summed E-state index contributed by atoms with van der Waals surface area (Å²) >= 11 is 0. The smallest absolute Gasteiger partial charge is 0.404 e. The molecule has 1 aromatic heterocycles. The number of pyridine rings is 1. The molecule has 90 valence electrons. The fraction of sp³-hybridized carbons (Fsp3) is 0.444. The predicted molar refractivity (Wildman–Crippen MR) is 49.5 cm³/mol. The van der Waals surface area contributed by atoms with Gasteiger partial charge in [0.15, 0.2) is 5.75 Å². The number of halogens is 3. The van der Waals surface area contributed by atoms with Crippen molar-refractivity contribution in [1.29, 1.82) is 0 Å². The zero-order valence-corrected chi connectivity index (χ0v) is 8.51. The molecule has 0 fully saturated rings. The van der Waals surface area contributed by atoms with E-state index in [2.05, 4.69) is 9.72 Å². The highest BCUT2D eigenvalue weighted by molar-refractivity contribution is 5.35. The maximum Gasteiger partial charge on any atom is 0.573 e. The van der Waals surface area contributed by atoms with E-state index in [4.69, 9.17) is 10.8 Å². The van der Waals surface area contributed by atoms with Crippen LogP contribution in [0.15, 0.2) is 6.07 Å². The van der Waals surface area contributed by atoms with Gasteiger partial charge < -0.3 is 15.6 Å². The highest BCUT2D eigenvalue weighted by Gasteiger charge is 2.32. The van der Waals surface area contributed by atoms with Crippen molar-refractivity contribution >= 4 is 0 Å². The van der Waals surface area contributed by atoms with E-state index in [1.165, 1.54) is 0 Å². The number of ether oxygens (including phenoxy) is 1. The van der Waals surface area contributed by atoms with Crippen molar-refractivity contribution in [3.63, 3.8) is 0 Å². The van der Waals surface area contributed by atoms with Gasteiger partial charge in [-0.1, -0.05) is 0 Å². The van der Waals surface area contributed by atoms with Gasteiger partial charge in [-0.05, 0) is 13.0 Å². The van der Waals surface area contributed by atoms with E-state index in [-0.39, 0.29) is 17.8 Å². The summed E-state index contributed by atoms with van der Waals surface area (Å²) in [5.41, 5.74) is 5.97. The third-order valence-electron chi connectivity index (χ3n) is 1.95. The van der Waals surface area contributed by atoms with Gasteiger partial charge >= 0.3 is 6.36 Å². The first-order valence-electron chi connectivity index (χ1n) is 4.43. The van der Waals surface area contributed by atoms with Gasteiger partial charge in [-0.3, -0.25) is 4.98 Å². The Kier molecular flexibility index (Phi) is 3.71. The third-order valence-corrected chi connectivity index (χ3v) is 1.95. The van der Waals surface area contributed by atoms with E-state index < -0.39 is 18.7 Å². The maximum absolute atomic E-state index is 12.0. The largest absolute Gasteiger partial charge is 0.573 e. The van der Waals surface area contributed by atoms with Gasteiger partial charge in [0, 0.05) is 17.8 Å². The predicted octanol–water partition coefficient (Wildman–Crippen LogP) is 1.24. The Hall–Kier alpha value is -1.34. The first kappa shape index (κ1) is 12.7. The molecule has 0 amide bonds. The number of nitrogens with zero attached hydrogens (tertiary/aromatic N) is 1. The lowest BCUT2D eigenvalue weighted by Crippen LogP contribution is -2.20. The third kappa shape index (κ3) is 3.07. The van der Waals surface area contributed by atoms with Crippen molar-refractivity contribution in [2.75, 3.05) is 0 Å². The number of aliphatic hydroxyl groups excluding tert-OH is 1. The lowest BCUT2D eigenvalue weighted by Gasteiger charge is -2.14. The first-order chi connectivity index (χ1) is 7.37. The normalized spacial score (nSPS) is 11.6. The molecule has 16 heavy (non-hydrogen) atoms. The molecule has 0 spiro atoms. The Morgan fingerprint density at radius 3 is 2.56 bits per heavy atom. The van der Waals surface area contributed by atoms with Crippen LogP contribution < -0.4 is 10.5 Å². The molecule has 0 aliphatic heterocycles. The molecule has 7 heteroatoms. The SMILES string of the molecule is Cc1nc(CN)c(OC(F)(F)F)cc1CO. The van der Waals surface area contributed by atoms with Gasteiger partial charge in [-0.25, -0.2) is 0 Å². The van der Waals surface area contributed by atoms with Gasteiger partial charge in [0.1, 0.15) is 0 Å². The molecule has 1 heterocycles. The van der Waals surface area contributed by atoms with Crippen molar-refractivity contribution in [3.8, 4) is 5.75 Å². The zero-order chi connectivity index (χ0) is 12.3. The Balaban J connectivity index is 3.15. The summed E-state index contributed by atoms with van der Waals surface area (Å²) in [6.45, 7) is 0.998. The van der Waals surface area contributed by atoms with Crippen LogP contribution in [0.25, 0.3) is 0 Å². The average molecular weight is 236 g/mol. The standard InChI is InChI=1S/C9H11F3N2O2/c1-5-6(4-15)2-8(7(3-13)14-5)16-9(10,11)12/h2,15H,3-4,13H2,1H3. The maximum atomic E-state index is 12.0. The average Bonchev–Trinajstić information content (AvgIpc) is 2.18. The van der Waals surface area contributed by atoms with Crippen LogP contribution in [-0.2, 0) is 13.2 Å². The van der Waals surface area contributed by atoms with Crippen LogP contribution in [0.3, 0.4) is 0 Å². The number of rotatable bonds is 3. The van der Waals surface area contributed by atoms with E-state index >= 15 is 0 Å². The van der Waals surface area contributed by atoms with Gasteiger partial charge in [-0.2, -0.15) is 0 Å². The van der Waals surface area contributed by atoms with Crippen LogP contribution in [0.2, 0.25) is 0 Å². The number of hydrogen-bond acceptors (Lipinski definition) is 4. The molecule has 0 bridgehead atoms. The molecule has 0 aliphatic carbocycles. The number of alkyl halides is 3. The van der Waals surface area contributed by atoms with E-state index in [0.29, 0.717) is 5.69 Å². The van der Waals surface area contributed by atoms with E-state index in [1.54, 1.807) is 6.92 Å². The van der Waals surface area contributed by atoms with Crippen LogP contribution >= 0.6 is 0 Å². The summed E-state index contributed by atoms with van der Waals surface area (Å²) in [4.78, 5) is 3.84. The van der Waals surface area contributed by atoms with Gasteiger partial charge in [0.05, 0.1) is 12.3 Å². The van der Waals surface area contributed by atoms with Crippen molar-refractivity contribution in [1.82, 2.24) is 4.98 Å². The van der Waals surface area contributed by atoms with E-state index in [1.807, 2.05) is 0 Å². The van der Waals surface area contributed by atoms with Gasteiger partial charge in [-0.15, -0.1) is 13.2 Å². The Morgan fingerprint density at radius 2 is 2.12 bits per heavy atom. The van der Waals surface area contributed by atoms with Crippen molar-refractivity contribution in [3.05, 3.63) is 23.0 Å². The van der Waals surface area contributed by atoms with Gasteiger partial charge in [0.2, 0.25) is 0 Å². The Labute approximate surface area is 89.9 Å². The molecule has 4 nitrogen and oxygen atoms in total. The minimum atomic E-state index is -4.80. The summed E-state index contributed by atoms with van der Waals surface area (Å²) in [6, 6.07) is 1.10. The lowest BCUT2D eigenvalue weighted by molar-refractivity contribution is -0.275. The summed E-state index contributed by atoms with van der Waals surface area (Å²) in [6.07, 6.45) is -4.80. The van der Waals surface area contributed by atoms with Crippen LogP contribution in [0, 0.1) is 6.92 Å². The summed E-state index contributed by atoms with van der Waals surface area (Å²) in [5.74, 6) is -0.468. The second-order valence-corrected chi connectivity index (χ2v) is 3.09. The Bertz CT molecular complexity index is 380. The van der Waals surface area contributed by atoms with E-state index in [0.717, 1.165) is 6.07 Å². The van der Waals surface area contributed by atoms with Crippen molar-refractivity contribution in [2.45, 2.75) is 26.4 Å². The number of hydrogen-bond donors (Lipinski definition) is 2. The second kappa shape index (κ2) is 4.67. The quantitative estimate of drug-likeness (QED) is 0.828. The van der Waals surface area contributed by atoms with E-state index in [9.17, 15) is 13.2 Å². The van der Waals surface area contributed by atoms with Gasteiger partial charge in [0.25, 0.3) is 0 Å². The molecule has 1 aromatic rings.